The molecule has 2 rings (SSSR count). The molecule has 0 heterocycles. The van der Waals surface area contributed by atoms with Crippen LogP contribution in [-0.2, 0) is 5.41 Å². The molecule has 1 aromatic carbocycles. The van der Waals surface area contributed by atoms with Gasteiger partial charge in [-0.15, -0.1) is 24.0 Å². The lowest BCUT2D eigenvalue weighted by atomic mass is 9.95. The first kappa shape index (κ1) is 20.1. The van der Waals surface area contributed by atoms with Crippen LogP contribution in [0.1, 0.15) is 45.1 Å². The van der Waals surface area contributed by atoms with Crippen LogP contribution in [0, 0.1) is 0 Å². The van der Waals surface area contributed by atoms with E-state index >= 15 is 0 Å². The number of nitrogens with zero attached hydrogens (tertiary/aromatic N) is 1. The topological polar surface area (TPSA) is 45.7 Å². The minimum atomic E-state index is 0. The fraction of sp³-hybridized carbons (Fsp3) is 0.611. The Kier molecular flexibility index (Phi) is 8.73. The number of guanidine groups is 1. The summed E-state index contributed by atoms with van der Waals surface area (Å²) in [6, 6.07) is 8.34. The van der Waals surface area contributed by atoms with E-state index in [0.717, 1.165) is 31.3 Å². The number of benzene rings is 1. The van der Waals surface area contributed by atoms with E-state index < -0.39 is 0 Å². The summed E-state index contributed by atoms with van der Waals surface area (Å²) in [5, 5.41) is 6.74. The summed E-state index contributed by atoms with van der Waals surface area (Å²) >= 11 is 0. The second kappa shape index (κ2) is 10.0. The number of aliphatic imine (C=N–C) groups is 1. The van der Waals surface area contributed by atoms with Crippen LogP contribution in [0.4, 0.5) is 0 Å². The second-order valence-corrected chi connectivity index (χ2v) is 5.96. The Balaban J connectivity index is 0.00000264. The van der Waals surface area contributed by atoms with Gasteiger partial charge in [0.15, 0.2) is 5.96 Å². The molecule has 0 spiro atoms. The van der Waals surface area contributed by atoms with E-state index in [-0.39, 0.29) is 29.4 Å². The second-order valence-electron chi connectivity index (χ2n) is 5.96. The van der Waals surface area contributed by atoms with Crippen LogP contribution in [-0.4, -0.2) is 32.7 Å². The number of unbranched alkanes of at least 4 members (excludes halogenated alkanes) is 1. The van der Waals surface area contributed by atoms with Crippen molar-refractivity contribution in [2.24, 2.45) is 4.99 Å². The molecule has 0 bridgehead atoms. The van der Waals surface area contributed by atoms with E-state index in [4.69, 9.17) is 9.73 Å². The van der Waals surface area contributed by atoms with Gasteiger partial charge in [-0.25, -0.2) is 0 Å². The molecule has 1 saturated carbocycles. The van der Waals surface area contributed by atoms with E-state index in [1.807, 2.05) is 12.1 Å². The SMILES string of the molecule is CCCCNC(=NCC1(c2ccccc2OC)CC1)NCC.I. The Labute approximate surface area is 157 Å². The molecule has 23 heavy (non-hydrogen) atoms. The summed E-state index contributed by atoms with van der Waals surface area (Å²) in [6.45, 7) is 6.98. The average Bonchev–Trinajstić information content (AvgIpc) is 3.34. The lowest BCUT2D eigenvalue weighted by Gasteiger charge is -2.18. The summed E-state index contributed by atoms with van der Waals surface area (Å²) in [5.41, 5.74) is 1.46. The Morgan fingerprint density at radius 3 is 2.57 bits per heavy atom. The minimum Gasteiger partial charge on any atom is -0.496 e. The first-order chi connectivity index (χ1) is 10.8. The van der Waals surface area contributed by atoms with Crippen molar-refractivity contribution in [3.63, 3.8) is 0 Å². The van der Waals surface area contributed by atoms with Gasteiger partial charge in [-0.3, -0.25) is 4.99 Å². The van der Waals surface area contributed by atoms with Crippen molar-refractivity contribution in [2.45, 2.75) is 44.9 Å². The van der Waals surface area contributed by atoms with Gasteiger partial charge in [0.1, 0.15) is 5.75 Å². The standard InChI is InChI=1S/C18H29N3O.HI/c1-4-6-13-20-17(19-5-2)21-14-18(11-12-18)15-9-7-8-10-16(15)22-3;/h7-10H,4-6,11-14H2,1-3H3,(H2,19,20,21);1H. The third-order valence-corrected chi connectivity index (χ3v) is 4.24. The highest BCUT2D eigenvalue weighted by Gasteiger charge is 2.45. The lowest BCUT2D eigenvalue weighted by Crippen LogP contribution is -2.38. The van der Waals surface area contributed by atoms with Crippen LogP contribution >= 0.6 is 24.0 Å². The van der Waals surface area contributed by atoms with Crippen LogP contribution in [0.5, 0.6) is 5.75 Å². The van der Waals surface area contributed by atoms with Crippen LogP contribution in [0.15, 0.2) is 29.3 Å². The monoisotopic (exact) mass is 431 g/mol. The lowest BCUT2D eigenvalue weighted by molar-refractivity contribution is 0.404. The molecule has 1 aliphatic rings. The summed E-state index contributed by atoms with van der Waals surface area (Å²) in [5.74, 6) is 1.91. The Bertz CT molecular complexity index is 501. The summed E-state index contributed by atoms with van der Waals surface area (Å²) < 4.78 is 5.53. The Morgan fingerprint density at radius 1 is 1.22 bits per heavy atom. The van der Waals surface area contributed by atoms with Gasteiger partial charge in [0, 0.05) is 24.1 Å². The van der Waals surface area contributed by atoms with Crippen molar-refractivity contribution >= 4 is 29.9 Å². The smallest absolute Gasteiger partial charge is 0.191 e. The van der Waals surface area contributed by atoms with Gasteiger partial charge >= 0.3 is 0 Å². The molecule has 1 aliphatic carbocycles. The molecule has 0 atom stereocenters. The molecule has 1 fully saturated rings. The van der Waals surface area contributed by atoms with Crippen molar-refractivity contribution in [1.29, 1.82) is 0 Å². The highest BCUT2D eigenvalue weighted by molar-refractivity contribution is 14.0. The van der Waals surface area contributed by atoms with E-state index in [2.05, 4.69) is 36.6 Å². The van der Waals surface area contributed by atoms with Gasteiger partial charge < -0.3 is 15.4 Å². The molecule has 0 amide bonds. The predicted octanol–water partition coefficient (Wildman–Crippen LogP) is 3.70. The average molecular weight is 431 g/mol. The zero-order valence-corrected chi connectivity index (χ0v) is 16.9. The van der Waals surface area contributed by atoms with Gasteiger partial charge in [-0.2, -0.15) is 0 Å². The fourth-order valence-corrected chi connectivity index (χ4v) is 2.70. The molecule has 1 aromatic rings. The predicted molar refractivity (Wildman–Crippen MR) is 108 cm³/mol. The van der Waals surface area contributed by atoms with Crippen molar-refractivity contribution in [3.05, 3.63) is 29.8 Å². The molecule has 0 saturated heterocycles. The minimum absolute atomic E-state index is 0. The van der Waals surface area contributed by atoms with Gasteiger partial charge in [0.25, 0.3) is 0 Å². The summed E-state index contributed by atoms with van der Waals surface area (Å²) in [7, 11) is 1.74. The zero-order chi connectivity index (χ0) is 15.8. The first-order valence-corrected chi connectivity index (χ1v) is 8.41. The Hall–Kier alpha value is -0.980. The maximum absolute atomic E-state index is 5.53. The van der Waals surface area contributed by atoms with E-state index in [9.17, 15) is 0 Å². The number of ether oxygens (including phenoxy) is 1. The third-order valence-electron chi connectivity index (χ3n) is 4.24. The molecular formula is C18H30IN3O. The molecule has 0 radical (unpaired) electrons. The molecule has 0 unspecified atom stereocenters. The molecule has 0 aliphatic heterocycles. The normalized spacial score (nSPS) is 15.5. The zero-order valence-electron chi connectivity index (χ0n) is 14.5. The molecule has 130 valence electrons. The maximum atomic E-state index is 5.53. The number of halogens is 1. The van der Waals surface area contributed by atoms with Crippen LogP contribution < -0.4 is 15.4 Å². The van der Waals surface area contributed by atoms with Crippen LogP contribution in [0.2, 0.25) is 0 Å². The number of hydrogen-bond donors (Lipinski definition) is 2. The van der Waals surface area contributed by atoms with Crippen LogP contribution in [0.25, 0.3) is 0 Å². The summed E-state index contributed by atoms with van der Waals surface area (Å²) in [4.78, 5) is 4.81. The summed E-state index contributed by atoms with van der Waals surface area (Å²) in [6.07, 6.45) is 4.73. The molecule has 2 N–H and O–H groups in total. The number of methoxy groups -OCH3 is 1. The van der Waals surface area contributed by atoms with Gasteiger partial charge in [-0.05, 0) is 32.3 Å². The van der Waals surface area contributed by atoms with Crippen molar-refractivity contribution in [2.75, 3.05) is 26.7 Å². The van der Waals surface area contributed by atoms with E-state index in [0.29, 0.717) is 0 Å². The van der Waals surface area contributed by atoms with Crippen molar-refractivity contribution < 1.29 is 4.74 Å². The number of rotatable bonds is 8. The van der Waals surface area contributed by atoms with E-state index in [1.54, 1.807) is 7.11 Å². The van der Waals surface area contributed by atoms with Crippen molar-refractivity contribution in [3.8, 4) is 5.75 Å². The highest BCUT2D eigenvalue weighted by Crippen LogP contribution is 2.51. The third kappa shape index (κ3) is 5.55. The Morgan fingerprint density at radius 2 is 1.96 bits per heavy atom. The van der Waals surface area contributed by atoms with Gasteiger partial charge in [0.2, 0.25) is 0 Å². The largest absolute Gasteiger partial charge is 0.496 e. The maximum Gasteiger partial charge on any atom is 0.191 e. The van der Waals surface area contributed by atoms with E-state index in [1.165, 1.54) is 31.2 Å². The van der Waals surface area contributed by atoms with Gasteiger partial charge in [-0.1, -0.05) is 31.5 Å². The number of hydrogen-bond acceptors (Lipinski definition) is 2. The highest BCUT2D eigenvalue weighted by atomic mass is 127. The molecule has 0 aromatic heterocycles. The quantitative estimate of drug-likeness (QED) is 0.286. The number of para-hydroxylation sites is 1. The van der Waals surface area contributed by atoms with Crippen LogP contribution in [0.3, 0.4) is 0 Å². The van der Waals surface area contributed by atoms with Gasteiger partial charge in [0.05, 0.1) is 13.7 Å². The molecular weight excluding hydrogens is 401 g/mol. The van der Waals surface area contributed by atoms with Crippen molar-refractivity contribution in [1.82, 2.24) is 10.6 Å². The fourth-order valence-electron chi connectivity index (χ4n) is 2.70. The number of nitrogens with one attached hydrogen (secondary N) is 2. The molecule has 4 nitrogen and oxygen atoms in total. The molecule has 5 heteroatoms. The first-order valence-electron chi connectivity index (χ1n) is 8.41.